The Bertz CT molecular complexity index is 1820. The molecule has 2 heterocycles. The topological polar surface area (TPSA) is 146 Å². The van der Waals surface area contributed by atoms with Gasteiger partial charge in [-0.25, -0.2) is 0 Å². The third kappa shape index (κ3) is 14.8. The van der Waals surface area contributed by atoms with Gasteiger partial charge in [0.1, 0.15) is 17.9 Å². The minimum atomic E-state index is -1.31. The summed E-state index contributed by atoms with van der Waals surface area (Å²) in [5.74, 6) is -0.332. The predicted molar refractivity (Wildman–Crippen MR) is 236 cm³/mol. The first-order valence-corrected chi connectivity index (χ1v) is 21.7. The van der Waals surface area contributed by atoms with Gasteiger partial charge in [0.05, 0.1) is 38.3 Å². The summed E-state index contributed by atoms with van der Waals surface area (Å²) in [7, 11) is 0. The van der Waals surface area contributed by atoms with Crippen LogP contribution < -0.4 is 0 Å². The van der Waals surface area contributed by atoms with Crippen molar-refractivity contribution in [2.75, 3.05) is 26.2 Å². The van der Waals surface area contributed by atoms with Gasteiger partial charge in [-0.1, -0.05) is 87.3 Å². The van der Waals surface area contributed by atoms with Crippen molar-refractivity contribution >= 4 is 30.2 Å². The number of hydrogen-bond acceptors (Lipinski definition) is 7. The second-order valence-electron chi connectivity index (χ2n) is 19.7. The van der Waals surface area contributed by atoms with Crippen LogP contribution in [0.5, 0.6) is 11.5 Å². The van der Waals surface area contributed by atoms with E-state index >= 15 is 0 Å². The summed E-state index contributed by atoms with van der Waals surface area (Å²) in [5, 5.41) is 38.4. The first-order valence-electron chi connectivity index (χ1n) is 21.7. The number of rotatable bonds is 11. The number of phenols is 2. The Morgan fingerprint density at radius 2 is 1.25 bits per heavy atom. The van der Waals surface area contributed by atoms with E-state index < -0.39 is 18.4 Å². The van der Waals surface area contributed by atoms with Crippen LogP contribution in [0.1, 0.15) is 173 Å². The number of carbonyl (C=O) groups is 2. The first kappa shape index (κ1) is 49.7. The Labute approximate surface area is 365 Å². The molecule has 326 valence electrons. The van der Waals surface area contributed by atoms with Crippen molar-refractivity contribution < 1.29 is 52.0 Å². The SMILES string of the molecule is CC(C)(C)c1cc(C=NC2CCCCC2N=Cc2cc(C(C)(C)C)cc(C(C)(C)C)c2O)c(O)c(CCCCN2CCC[N+]3=C2CCCCC3)c1.O=C(O)CC(=O)O.[Cr]. The minimum absolute atomic E-state index is 0. The van der Waals surface area contributed by atoms with Crippen molar-refractivity contribution in [1.29, 1.82) is 0 Å². The fourth-order valence-electron chi connectivity index (χ4n) is 8.21. The summed E-state index contributed by atoms with van der Waals surface area (Å²) in [6.07, 6.45) is 16.8. The van der Waals surface area contributed by atoms with Gasteiger partial charge in [0.2, 0.25) is 5.84 Å². The molecule has 59 heavy (non-hydrogen) atoms. The number of aryl methyl sites for hydroxylation is 1. The van der Waals surface area contributed by atoms with Crippen LogP contribution >= 0.6 is 0 Å². The zero-order chi connectivity index (χ0) is 42.8. The molecule has 2 unspecified atom stereocenters. The van der Waals surface area contributed by atoms with Crippen LogP contribution in [0.25, 0.3) is 0 Å². The number of hydrogen-bond donors (Lipinski definition) is 4. The van der Waals surface area contributed by atoms with Gasteiger partial charge in [0, 0.05) is 59.3 Å². The van der Waals surface area contributed by atoms with Crippen LogP contribution in [0, 0.1) is 0 Å². The van der Waals surface area contributed by atoms with Crippen LogP contribution in [-0.2, 0) is 49.6 Å². The van der Waals surface area contributed by atoms with Crippen LogP contribution in [0.4, 0.5) is 0 Å². The number of phenolic OH excluding ortho intramolecular Hbond substituents is 2. The van der Waals surface area contributed by atoms with Crippen LogP contribution in [0.3, 0.4) is 0 Å². The van der Waals surface area contributed by atoms with Gasteiger partial charge in [0.25, 0.3) is 0 Å². The molecule has 4 N–H and O–H groups in total. The van der Waals surface area contributed by atoms with Gasteiger partial charge in [-0.05, 0) is 96.4 Å². The van der Waals surface area contributed by atoms with Crippen molar-refractivity contribution in [2.24, 2.45) is 9.98 Å². The average Bonchev–Trinajstić information content (AvgIpc) is 3.38. The van der Waals surface area contributed by atoms with E-state index in [1.165, 1.54) is 62.9 Å². The number of aliphatic imine (C=N–C) groups is 2. The van der Waals surface area contributed by atoms with Gasteiger partial charge < -0.3 is 20.4 Å². The molecular weight excluding hydrogens is 781 g/mol. The molecule has 0 bridgehead atoms. The monoisotopic (exact) mass is 853 g/mol. The number of unbranched alkanes of at least 4 members (excludes halogenated alkanes) is 1. The number of amidine groups is 1. The van der Waals surface area contributed by atoms with Crippen LogP contribution in [0.2, 0.25) is 0 Å². The molecule has 1 fully saturated rings. The molecule has 1 aliphatic carbocycles. The molecule has 2 atom stereocenters. The maximum absolute atomic E-state index is 11.6. The van der Waals surface area contributed by atoms with Gasteiger partial charge in [-0.3, -0.25) is 29.0 Å². The third-order valence-electron chi connectivity index (χ3n) is 11.7. The van der Waals surface area contributed by atoms with Crippen LogP contribution in [-0.4, -0.2) is 98.4 Å². The number of benzene rings is 2. The predicted octanol–water partition coefficient (Wildman–Crippen LogP) is 9.40. The molecule has 0 spiro atoms. The Hall–Kier alpha value is -3.68. The van der Waals surface area contributed by atoms with E-state index in [1.54, 1.807) is 5.84 Å². The number of nitrogens with zero attached hydrogens (tertiary/aromatic N) is 4. The molecule has 11 heteroatoms. The van der Waals surface area contributed by atoms with Crippen molar-refractivity contribution in [3.05, 3.63) is 57.6 Å². The Morgan fingerprint density at radius 1 is 0.712 bits per heavy atom. The van der Waals surface area contributed by atoms with Gasteiger partial charge >= 0.3 is 11.9 Å². The maximum Gasteiger partial charge on any atom is 0.314 e. The molecule has 2 aromatic rings. The van der Waals surface area contributed by atoms with E-state index in [9.17, 15) is 19.8 Å². The fraction of sp³-hybridized carbons (Fsp3) is 0.646. The molecule has 10 nitrogen and oxygen atoms in total. The summed E-state index contributed by atoms with van der Waals surface area (Å²) in [6, 6.07) is 8.70. The van der Waals surface area contributed by atoms with Crippen molar-refractivity contribution in [1.82, 2.24) is 4.90 Å². The average molecular weight is 854 g/mol. The third-order valence-corrected chi connectivity index (χ3v) is 11.7. The normalized spacial score (nSPS) is 19.2. The molecule has 0 aromatic heterocycles. The zero-order valence-corrected chi connectivity index (χ0v) is 38.7. The molecule has 0 radical (unpaired) electrons. The van der Waals surface area contributed by atoms with E-state index in [1.807, 2.05) is 12.4 Å². The summed E-state index contributed by atoms with van der Waals surface area (Å²) in [5.41, 5.74) is 5.76. The number of aliphatic carboxylic acids is 2. The number of carboxylic acids is 2. The summed E-state index contributed by atoms with van der Waals surface area (Å²) < 4.78 is 2.65. The quantitative estimate of drug-likeness (QED) is 0.0763. The smallest absolute Gasteiger partial charge is 0.314 e. The molecule has 1 saturated carbocycles. The standard InChI is InChI=1S/C45H68N4O2.C3H4O4.Cr/c1-43(2,3)35-26-32(18-14-16-23-49-25-17-24-48-22-15-10-11-21-40(48)49)41(50)33(27-35)30-46-38-19-12-13-20-39(38)47-31-34-28-36(44(4,5)6)29-37(42(34)51)45(7,8)9;4-2(5)1-3(6)7;/h26-31,38-39H,10-25H2,1-9H3,(H-,46,47,50,51);1H2,(H,4,5)(H,6,7);/p+1. The molecule has 2 aliphatic heterocycles. The van der Waals surface area contributed by atoms with Crippen molar-refractivity contribution in [3.63, 3.8) is 0 Å². The van der Waals surface area contributed by atoms with E-state index in [2.05, 4.69) is 96.1 Å². The van der Waals surface area contributed by atoms with Gasteiger partial charge in [-0.2, -0.15) is 0 Å². The van der Waals surface area contributed by atoms with E-state index in [4.69, 9.17) is 20.2 Å². The van der Waals surface area contributed by atoms with Crippen molar-refractivity contribution in [2.45, 2.75) is 174 Å². The fourth-order valence-corrected chi connectivity index (χ4v) is 8.21. The second-order valence-corrected chi connectivity index (χ2v) is 19.7. The first-order chi connectivity index (χ1) is 27.1. The zero-order valence-electron chi connectivity index (χ0n) is 37.4. The molecule has 0 saturated heterocycles. The minimum Gasteiger partial charge on any atom is -0.507 e. The summed E-state index contributed by atoms with van der Waals surface area (Å²) in [4.78, 5) is 31.8. The van der Waals surface area contributed by atoms with Crippen molar-refractivity contribution in [3.8, 4) is 11.5 Å². The maximum atomic E-state index is 11.6. The second kappa shape index (κ2) is 21.7. The summed E-state index contributed by atoms with van der Waals surface area (Å²) >= 11 is 0. The van der Waals surface area contributed by atoms with Gasteiger partial charge in [-0.15, -0.1) is 0 Å². The largest absolute Gasteiger partial charge is 0.507 e. The molecule has 5 rings (SSSR count). The van der Waals surface area contributed by atoms with E-state index in [-0.39, 0.29) is 45.7 Å². The summed E-state index contributed by atoms with van der Waals surface area (Å²) in [6.45, 7) is 24.6. The number of carboxylic acid groups (broad SMARTS) is 2. The molecule has 2 aromatic carbocycles. The van der Waals surface area contributed by atoms with E-state index in [0.717, 1.165) is 73.7 Å². The Morgan fingerprint density at radius 3 is 1.78 bits per heavy atom. The van der Waals surface area contributed by atoms with Gasteiger partial charge in [0.15, 0.2) is 0 Å². The molecule has 3 aliphatic rings. The van der Waals surface area contributed by atoms with E-state index in [0.29, 0.717) is 11.5 Å². The molecular formula is C48H73CrN4O6+. The Balaban J connectivity index is 0.00000107. The number of aromatic hydroxyl groups is 2. The Kier molecular flexibility index (Phi) is 18.3. The molecule has 0 amide bonds. The van der Waals surface area contributed by atoms with Crippen LogP contribution in [0.15, 0.2) is 34.3 Å².